The van der Waals surface area contributed by atoms with Crippen LogP contribution in [0.5, 0.6) is 5.75 Å². The number of benzene rings is 2. The molecule has 0 saturated heterocycles. The molecule has 6 nitrogen and oxygen atoms in total. The van der Waals surface area contributed by atoms with Crippen molar-refractivity contribution in [3.05, 3.63) is 72.3 Å². The third kappa shape index (κ3) is 4.45. The lowest BCUT2D eigenvalue weighted by Gasteiger charge is -2.38. The van der Waals surface area contributed by atoms with E-state index in [1.807, 2.05) is 29.2 Å². The first-order valence-electron chi connectivity index (χ1n) is 9.87. The van der Waals surface area contributed by atoms with Crippen LogP contribution in [0.25, 0.3) is 5.69 Å². The monoisotopic (exact) mass is 394 g/mol. The zero-order valence-electron chi connectivity index (χ0n) is 16.1. The molecule has 1 fully saturated rings. The largest absolute Gasteiger partial charge is 0.494 e. The van der Waals surface area contributed by atoms with Gasteiger partial charge in [-0.2, -0.15) is 15.0 Å². The number of ether oxygens (including phenoxy) is 1. The Kier molecular flexibility index (Phi) is 5.84. The zero-order valence-corrected chi connectivity index (χ0v) is 16.1. The maximum atomic E-state index is 13.4. The first kappa shape index (κ1) is 19.1. The van der Waals surface area contributed by atoms with E-state index in [1.165, 1.54) is 16.9 Å². The van der Waals surface area contributed by atoms with Crippen LogP contribution in [0.2, 0.25) is 0 Å². The molecular weight excluding hydrogens is 371 g/mol. The summed E-state index contributed by atoms with van der Waals surface area (Å²) in [6, 6.07) is 13.6. The molecule has 1 heterocycles. The Morgan fingerprint density at radius 3 is 2.52 bits per heavy atom. The topological polar surface area (TPSA) is 60.2 Å². The standard InChI is InChI=1S/C22H23FN4O2/c23-17-9-11-19(12-10-17)29-16-4-15-26(18-5-3-6-18)22(28)20-7-1-2-8-21(20)27-24-13-14-25-27/h1-2,7-14,18H,3-6,15-16H2. The Bertz CT molecular complexity index is 940. The fraction of sp³-hybridized carbons (Fsp3) is 0.318. The number of aromatic nitrogens is 3. The molecule has 29 heavy (non-hydrogen) atoms. The van der Waals surface area contributed by atoms with Gasteiger partial charge in [-0.3, -0.25) is 4.79 Å². The Balaban J connectivity index is 1.43. The summed E-state index contributed by atoms with van der Waals surface area (Å²) in [5, 5.41) is 8.34. The minimum Gasteiger partial charge on any atom is -0.494 e. The Hall–Kier alpha value is -3.22. The van der Waals surface area contributed by atoms with Gasteiger partial charge in [0.25, 0.3) is 5.91 Å². The van der Waals surface area contributed by atoms with Gasteiger partial charge >= 0.3 is 0 Å². The second-order valence-corrected chi connectivity index (χ2v) is 7.07. The van der Waals surface area contributed by atoms with Crippen molar-refractivity contribution in [2.45, 2.75) is 31.7 Å². The van der Waals surface area contributed by atoms with Crippen molar-refractivity contribution in [2.24, 2.45) is 0 Å². The second kappa shape index (κ2) is 8.86. The van der Waals surface area contributed by atoms with E-state index in [-0.39, 0.29) is 17.8 Å². The van der Waals surface area contributed by atoms with Crippen LogP contribution in [0.4, 0.5) is 4.39 Å². The summed E-state index contributed by atoms with van der Waals surface area (Å²) in [6.45, 7) is 1.07. The number of amides is 1. The minimum atomic E-state index is -0.288. The number of hydrogen-bond acceptors (Lipinski definition) is 4. The van der Waals surface area contributed by atoms with Crippen molar-refractivity contribution < 1.29 is 13.9 Å². The molecule has 150 valence electrons. The average Bonchev–Trinajstić information content (AvgIpc) is 3.24. The Morgan fingerprint density at radius 2 is 1.83 bits per heavy atom. The van der Waals surface area contributed by atoms with Crippen LogP contribution in [-0.2, 0) is 0 Å². The van der Waals surface area contributed by atoms with E-state index in [9.17, 15) is 9.18 Å². The molecule has 1 aliphatic carbocycles. The molecule has 1 aliphatic rings. The number of halogens is 1. The lowest BCUT2D eigenvalue weighted by atomic mass is 9.90. The van der Waals surface area contributed by atoms with E-state index in [0.29, 0.717) is 36.6 Å². The van der Waals surface area contributed by atoms with Gasteiger partial charge in [-0.05, 0) is 62.1 Å². The van der Waals surface area contributed by atoms with E-state index in [1.54, 1.807) is 24.5 Å². The van der Waals surface area contributed by atoms with Crippen molar-refractivity contribution in [2.75, 3.05) is 13.2 Å². The minimum absolute atomic E-state index is 0.00983. The predicted molar refractivity (Wildman–Crippen MR) is 107 cm³/mol. The summed E-state index contributed by atoms with van der Waals surface area (Å²) in [7, 11) is 0. The highest BCUT2D eigenvalue weighted by Crippen LogP contribution is 2.27. The van der Waals surface area contributed by atoms with Crippen molar-refractivity contribution in [3.8, 4) is 11.4 Å². The average molecular weight is 394 g/mol. The van der Waals surface area contributed by atoms with E-state index in [4.69, 9.17) is 4.74 Å². The van der Waals surface area contributed by atoms with Gasteiger partial charge in [0, 0.05) is 12.6 Å². The van der Waals surface area contributed by atoms with Gasteiger partial charge in [0.2, 0.25) is 0 Å². The molecule has 0 aliphatic heterocycles. The molecule has 1 aromatic heterocycles. The smallest absolute Gasteiger partial charge is 0.256 e. The number of nitrogens with zero attached hydrogens (tertiary/aromatic N) is 4. The van der Waals surface area contributed by atoms with Crippen LogP contribution in [-0.4, -0.2) is 45.0 Å². The van der Waals surface area contributed by atoms with Crippen LogP contribution in [0.3, 0.4) is 0 Å². The van der Waals surface area contributed by atoms with Gasteiger partial charge in [-0.25, -0.2) is 4.39 Å². The summed E-state index contributed by atoms with van der Waals surface area (Å²) < 4.78 is 18.7. The molecule has 4 rings (SSSR count). The number of rotatable bonds is 8. The van der Waals surface area contributed by atoms with Crippen molar-refractivity contribution in [3.63, 3.8) is 0 Å². The molecule has 0 radical (unpaired) electrons. The summed E-state index contributed by atoms with van der Waals surface area (Å²) in [6.07, 6.45) is 7.07. The van der Waals surface area contributed by atoms with Crippen LogP contribution in [0.1, 0.15) is 36.0 Å². The highest BCUT2D eigenvalue weighted by atomic mass is 19.1. The first-order valence-corrected chi connectivity index (χ1v) is 9.87. The molecule has 0 spiro atoms. The fourth-order valence-electron chi connectivity index (χ4n) is 3.43. The molecule has 7 heteroatoms. The molecular formula is C22H23FN4O2. The third-order valence-electron chi connectivity index (χ3n) is 5.17. The van der Waals surface area contributed by atoms with Gasteiger partial charge < -0.3 is 9.64 Å². The van der Waals surface area contributed by atoms with Crippen molar-refractivity contribution in [1.29, 1.82) is 0 Å². The maximum Gasteiger partial charge on any atom is 0.256 e. The van der Waals surface area contributed by atoms with Gasteiger partial charge in [-0.15, -0.1) is 0 Å². The third-order valence-corrected chi connectivity index (χ3v) is 5.17. The molecule has 0 atom stereocenters. The summed E-state index contributed by atoms with van der Waals surface area (Å²) in [4.78, 5) is 16.8. The van der Waals surface area contributed by atoms with Gasteiger partial charge in [0.05, 0.1) is 30.3 Å². The number of para-hydroxylation sites is 1. The summed E-state index contributed by atoms with van der Waals surface area (Å²) in [5.41, 5.74) is 1.27. The molecule has 1 amide bonds. The van der Waals surface area contributed by atoms with Gasteiger partial charge in [0.15, 0.2) is 0 Å². The summed E-state index contributed by atoms with van der Waals surface area (Å²) >= 11 is 0. The van der Waals surface area contributed by atoms with E-state index < -0.39 is 0 Å². The molecule has 0 bridgehead atoms. The van der Waals surface area contributed by atoms with E-state index in [2.05, 4.69) is 10.2 Å². The Morgan fingerprint density at radius 1 is 1.10 bits per heavy atom. The maximum absolute atomic E-state index is 13.4. The number of carbonyl (C=O) groups is 1. The first-order chi connectivity index (χ1) is 14.2. The molecule has 1 saturated carbocycles. The van der Waals surface area contributed by atoms with E-state index >= 15 is 0 Å². The van der Waals surface area contributed by atoms with Gasteiger partial charge in [0.1, 0.15) is 11.6 Å². The van der Waals surface area contributed by atoms with Crippen LogP contribution >= 0.6 is 0 Å². The SMILES string of the molecule is O=C(c1ccccc1-n1nccn1)N(CCCOc1ccc(F)cc1)C1CCC1. The highest BCUT2D eigenvalue weighted by Gasteiger charge is 2.30. The quantitative estimate of drug-likeness (QED) is 0.544. The Labute approximate surface area is 168 Å². The molecule has 0 unspecified atom stereocenters. The van der Waals surface area contributed by atoms with Crippen LogP contribution in [0.15, 0.2) is 60.9 Å². The number of carbonyl (C=O) groups excluding carboxylic acids is 1. The number of hydrogen-bond donors (Lipinski definition) is 0. The lowest BCUT2D eigenvalue weighted by molar-refractivity contribution is 0.0565. The van der Waals surface area contributed by atoms with Crippen molar-refractivity contribution in [1.82, 2.24) is 19.9 Å². The van der Waals surface area contributed by atoms with Gasteiger partial charge in [-0.1, -0.05) is 12.1 Å². The lowest BCUT2D eigenvalue weighted by Crippen LogP contribution is -2.45. The van der Waals surface area contributed by atoms with Crippen LogP contribution in [0, 0.1) is 5.82 Å². The van der Waals surface area contributed by atoms with Crippen LogP contribution < -0.4 is 4.74 Å². The fourth-order valence-corrected chi connectivity index (χ4v) is 3.43. The van der Waals surface area contributed by atoms with E-state index in [0.717, 1.165) is 19.3 Å². The second-order valence-electron chi connectivity index (χ2n) is 7.07. The highest BCUT2D eigenvalue weighted by molar-refractivity contribution is 5.98. The molecule has 0 N–H and O–H groups in total. The zero-order chi connectivity index (χ0) is 20.1. The predicted octanol–water partition coefficient (Wildman–Crippen LogP) is 3.87. The molecule has 2 aromatic carbocycles. The van der Waals surface area contributed by atoms with Crippen molar-refractivity contribution >= 4 is 5.91 Å². The normalized spacial score (nSPS) is 13.7. The summed E-state index contributed by atoms with van der Waals surface area (Å²) in [5.74, 6) is 0.330. The molecule has 3 aromatic rings.